The van der Waals surface area contributed by atoms with Gasteiger partial charge in [0.25, 0.3) is 0 Å². The standard InChI is InChI=1S/C21H26F2/c1-3-15-5-7-16(8-6-15)17-9-11-18(12-10-17)19-13-4-14(2)20(22)21(19)23/h3-4,9,11,13,15-18H,1,5-8,10,12H2,2H3. The fraction of sp³-hybridized carbons (Fsp3) is 0.524. The van der Waals surface area contributed by atoms with Crippen LogP contribution in [0.3, 0.4) is 0 Å². The molecule has 2 unspecified atom stereocenters. The Morgan fingerprint density at radius 1 is 0.957 bits per heavy atom. The van der Waals surface area contributed by atoms with Crippen LogP contribution in [0.25, 0.3) is 0 Å². The predicted molar refractivity (Wildman–Crippen MR) is 91.3 cm³/mol. The number of rotatable bonds is 3. The Hall–Kier alpha value is -1.44. The molecule has 0 aromatic heterocycles. The lowest BCUT2D eigenvalue weighted by Gasteiger charge is -2.34. The van der Waals surface area contributed by atoms with Crippen LogP contribution in [0, 0.1) is 36.3 Å². The zero-order chi connectivity index (χ0) is 16.4. The Kier molecular flexibility index (Phi) is 4.99. The molecule has 1 saturated carbocycles. The van der Waals surface area contributed by atoms with Crippen LogP contribution in [-0.2, 0) is 0 Å². The van der Waals surface area contributed by atoms with E-state index < -0.39 is 11.6 Å². The van der Waals surface area contributed by atoms with E-state index in [0.717, 1.165) is 18.8 Å². The third-order valence-electron chi connectivity index (χ3n) is 5.86. The molecule has 0 radical (unpaired) electrons. The van der Waals surface area contributed by atoms with E-state index in [4.69, 9.17) is 0 Å². The van der Waals surface area contributed by atoms with Crippen molar-refractivity contribution in [1.29, 1.82) is 0 Å². The van der Waals surface area contributed by atoms with Crippen molar-refractivity contribution in [2.24, 2.45) is 17.8 Å². The summed E-state index contributed by atoms with van der Waals surface area (Å²) >= 11 is 0. The van der Waals surface area contributed by atoms with Crippen molar-refractivity contribution in [2.75, 3.05) is 0 Å². The lowest BCUT2D eigenvalue weighted by Crippen LogP contribution is -2.22. The van der Waals surface area contributed by atoms with Gasteiger partial charge >= 0.3 is 0 Å². The molecule has 0 saturated heterocycles. The first-order valence-corrected chi connectivity index (χ1v) is 8.85. The van der Waals surface area contributed by atoms with Crippen LogP contribution in [0.4, 0.5) is 8.78 Å². The molecule has 23 heavy (non-hydrogen) atoms. The van der Waals surface area contributed by atoms with Gasteiger partial charge in [0.1, 0.15) is 0 Å². The van der Waals surface area contributed by atoms with Gasteiger partial charge in [-0.05, 0) is 74.3 Å². The molecule has 1 aromatic carbocycles. The second kappa shape index (κ2) is 6.98. The summed E-state index contributed by atoms with van der Waals surface area (Å²) in [6.07, 6.45) is 13.5. The van der Waals surface area contributed by atoms with E-state index in [1.165, 1.54) is 25.7 Å². The minimum atomic E-state index is -0.694. The van der Waals surface area contributed by atoms with Crippen molar-refractivity contribution in [3.63, 3.8) is 0 Å². The minimum Gasteiger partial charge on any atom is -0.203 e. The van der Waals surface area contributed by atoms with Gasteiger partial charge in [-0.3, -0.25) is 0 Å². The van der Waals surface area contributed by atoms with Gasteiger partial charge in [0.2, 0.25) is 0 Å². The lowest BCUT2D eigenvalue weighted by atomic mass is 9.71. The summed E-state index contributed by atoms with van der Waals surface area (Å²) in [6.45, 7) is 5.51. The molecular formula is C21H26F2. The zero-order valence-electron chi connectivity index (χ0n) is 13.9. The van der Waals surface area contributed by atoms with Gasteiger partial charge in [-0.1, -0.05) is 30.4 Å². The average Bonchev–Trinajstić information content (AvgIpc) is 2.60. The Morgan fingerprint density at radius 3 is 2.30 bits per heavy atom. The van der Waals surface area contributed by atoms with Crippen molar-refractivity contribution >= 4 is 0 Å². The fourth-order valence-corrected chi connectivity index (χ4v) is 4.25. The Bertz CT molecular complexity index is 594. The highest BCUT2D eigenvalue weighted by molar-refractivity contribution is 5.31. The molecule has 124 valence electrons. The molecule has 0 N–H and O–H groups in total. The average molecular weight is 316 g/mol. The van der Waals surface area contributed by atoms with E-state index >= 15 is 0 Å². The van der Waals surface area contributed by atoms with E-state index in [1.807, 2.05) is 0 Å². The molecule has 0 nitrogen and oxygen atoms in total. The summed E-state index contributed by atoms with van der Waals surface area (Å²) in [6, 6.07) is 3.43. The van der Waals surface area contributed by atoms with E-state index in [0.29, 0.717) is 23.0 Å². The van der Waals surface area contributed by atoms with Crippen molar-refractivity contribution in [3.8, 4) is 0 Å². The molecule has 0 heterocycles. The lowest BCUT2D eigenvalue weighted by molar-refractivity contribution is 0.237. The SMILES string of the molecule is C=CC1CCC(C2C=CC(c3ccc(C)c(F)c3F)CC2)CC1. The summed E-state index contributed by atoms with van der Waals surface area (Å²) in [5.74, 6) is 0.714. The third-order valence-corrected chi connectivity index (χ3v) is 5.86. The molecule has 2 atom stereocenters. The predicted octanol–water partition coefficient (Wildman–Crippen LogP) is 6.32. The molecule has 2 aliphatic carbocycles. The van der Waals surface area contributed by atoms with Crippen molar-refractivity contribution < 1.29 is 8.78 Å². The van der Waals surface area contributed by atoms with Crippen molar-refractivity contribution in [1.82, 2.24) is 0 Å². The van der Waals surface area contributed by atoms with Crippen LogP contribution in [0.15, 0.2) is 36.9 Å². The van der Waals surface area contributed by atoms with Gasteiger partial charge in [0, 0.05) is 5.92 Å². The first-order chi connectivity index (χ1) is 11.1. The maximum absolute atomic E-state index is 14.2. The smallest absolute Gasteiger partial charge is 0.162 e. The number of halogens is 2. The highest BCUT2D eigenvalue weighted by atomic mass is 19.2. The van der Waals surface area contributed by atoms with Crippen LogP contribution >= 0.6 is 0 Å². The monoisotopic (exact) mass is 316 g/mol. The third kappa shape index (κ3) is 3.41. The Morgan fingerprint density at radius 2 is 1.70 bits per heavy atom. The molecule has 3 rings (SSSR count). The molecule has 0 aliphatic heterocycles. The highest BCUT2D eigenvalue weighted by Gasteiger charge is 2.29. The van der Waals surface area contributed by atoms with Crippen LogP contribution in [-0.4, -0.2) is 0 Å². The molecule has 2 aliphatic rings. The number of hydrogen-bond acceptors (Lipinski definition) is 0. The highest BCUT2D eigenvalue weighted by Crippen LogP contribution is 2.41. The molecule has 0 amide bonds. The van der Waals surface area contributed by atoms with Gasteiger partial charge in [-0.2, -0.15) is 0 Å². The topological polar surface area (TPSA) is 0 Å². The van der Waals surface area contributed by atoms with Crippen molar-refractivity contribution in [3.05, 3.63) is 59.7 Å². The maximum atomic E-state index is 14.2. The molecule has 2 heteroatoms. The summed E-state index contributed by atoms with van der Waals surface area (Å²) in [4.78, 5) is 0. The molecule has 1 aromatic rings. The number of aryl methyl sites for hydroxylation is 1. The summed E-state index contributed by atoms with van der Waals surface area (Å²) in [5, 5.41) is 0. The van der Waals surface area contributed by atoms with E-state index in [-0.39, 0.29) is 5.92 Å². The van der Waals surface area contributed by atoms with E-state index in [2.05, 4.69) is 24.8 Å². The maximum Gasteiger partial charge on any atom is 0.162 e. The van der Waals surface area contributed by atoms with Gasteiger partial charge in [-0.15, -0.1) is 6.58 Å². The minimum absolute atomic E-state index is 0.0193. The Balaban J connectivity index is 1.67. The molecule has 0 bridgehead atoms. The van der Waals surface area contributed by atoms with Crippen LogP contribution in [0.1, 0.15) is 55.6 Å². The second-order valence-electron chi connectivity index (χ2n) is 7.24. The summed E-state index contributed by atoms with van der Waals surface area (Å²) < 4.78 is 27.9. The van der Waals surface area contributed by atoms with Gasteiger partial charge in [0.15, 0.2) is 11.6 Å². The molecule has 0 spiro atoms. The first-order valence-electron chi connectivity index (χ1n) is 8.85. The van der Waals surface area contributed by atoms with Crippen molar-refractivity contribution in [2.45, 2.75) is 51.4 Å². The zero-order valence-corrected chi connectivity index (χ0v) is 13.9. The van der Waals surface area contributed by atoms with Gasteiger partial charge < -0.3 is 0 Å². The Labute approximate surface area is 138 Å². The first kappa shape index (κ1) is 16.4. The van der Waals surface area contributed by atoms with E-state index in [1.54, 1.807) is 19.1 Å². The quantitative estimate of drug-likeness (QED) is 0.573. The molecule has 1 fully saturated rings. The second-order valence-corrected chi connectivity index (χ2v) is 7.24. The fourth-order valence-electron chi connectivity index (χ4n) is 4.25. The summed E-state index contributed by atoms with van der Waals surface area (Å²) in [7, 11) is 0. The normalized spacial score (nSPS) is 31.1. The van der Waals surface area contributed by atoms with Crippen LogP contribution in [0.2, 0.25) is 0 Å². The number of allylic oxidation sites excluding steroid dienone is 3. The number of hydrogen-bond donors (Lipinski definition) is 0. The largest absolute Gasteiger partial charge is 0.203 e. The van der Waals surface area contributed by atoms with Gasteiger partial charge in [0.05, 0.1) is 0 Å². The number of benzene rings is 1. The molecular weight excluding hydrogens is 290 g/mol. The summed E-state index contributed by atoms with van der Waals surface area (Å²) in [5.41, 5.74) is 0.890. The van der Waals surface area contributed by atoms with Crippen LogP contribution in [0.5, 0.6) is 0 Å². The van der Waals surface area contributed by atoms with Gasteiger partial charge in [-0.25, -0.2) is 8.78 Å². The van der Waals surface area contributed by atoms with E-state index in [9.17, 15) is 8.78 Å². The van der Waals surface area contributed by atoms with Crippen LogP contribution < -0.4 is 0 Å².